The summed E-state index contributed by atoms with van der Waals surface area (Å²) in [6.45, 7) is 4.85. The molecule has 0 bridgehead atoms. The lowest BCUT2D eigenvalue weighted by atomic mass is 10.0. The molecule has 2 aromatic rings. The molecular formula is C14H17ClN2. The van der Waals surface area contributed by atoms with E-state index in [2.05, 4.69) is 19.9 Å². The first-order chi connectivity index (χ1) is 8.13. The van der Waals surface area contributed by atoms with E-state index < -0.39 is 0 Å². The van der Waals surface area contributed by atoms with Gasteiger partial charge in [-0.15, -0.1) is 0 Å². The predicted octanol–water partition coefficient (Wildman–Crippen LogP) is 3.40. The Balaban J connectivity index is 2.60. The molecule has 17 heavy (non-hydrogen) atoms. The van der Waals surface area contributed by atoms with Crippen LogP contribution < -0.4 is 5.73 Å². The molecule has 0 saturated heterocycles. The highest BCUT2D eigenvalue weighted by Gasteiger charge is 2.08. The minimum Gasteiger partial charge on any atom is -0.330 e. The van der Waals surface area contributed by atoms with Crippen LogP contribution in [0.25, 0.3) is 10.9 Å². The van der Waals surface area contributed by atoms with Crippen LogP contribution in [-0.2, 0) is 6.42 Å². The van der Waals surface area contributed by atoms with Gasteiger partial charge in [-0.3, -0.25) is 4.98 Å². The van der Waals surface area contributed by atoms with Gasteiger partial charge in [0.1, 0.15) is 0 Å². The van der Waals surface area contributed by atoms with E-state index >= 15 is 0 Å². The van der Waals surface area contributed by atoms with Crippen LogP contribution in [0.2, 0.25) is 5.02 Å². The van der Waals surface area contributed by atoms with Crippen molar-refractivity contribution in [3.05, 3.63) is 40.0 Å². The summed E-state index contributed by atoms with van der Waals surface area (Å²) >= 11 is 6.23. The van der Waals surface area contributed by atoms with Crippen molar-refractivity contribution >= 4 is 22.5 Å². The Hall–Kier alpha value is -1.12. The van der Waals surface area contributed by atoms with E-state index in [1.54, 1.807) is 0 Å². The summed E-state index contributed by atoms with van der Waals surface area (Å²) < 4.78 is 0. The zero-order chi connectivity index (χ0) is 12.4. The maximum atomic E-state index is 6.23. The van der Waals surface area contributed by atoms with Gasteiger partial charge in [0.25, 0.3) is 0 Å². The number of pyridine rings is 1. The molecule has 0 amide bonds. The number of aromatic nitrogens is 1. The van der Waals surface area contributed by atoms with Gasteiger partial charge in [0.15, 0.2) is 0 Å². The average molecular weight is 249 g/mol. The van der Waals surface area contributed by atoms with Crippen molar-refractivity contribution in [3.8, 4) is 0 Å². The lowest BCUT2D eigenvalue weighted by Crippen LogP contribution is -2.02. The minimum atomic E-state index is 0.702. The first kappa shape index (κ1) is 12.3. The van der Waals surface area contributed by atoms with Crippen molar-refractivity contribution in [2.75, 3.05) is 6.54 Å². The van der Waals surface area contributed by atoms with Crippen LogP contribution in [0.1, 0.15) is 23.2 Å². The van der Waals surface area contributed by atoms with E-state index in [1.165, 1.54) is 11.1 Å². The van der Waals surface area contributed by atoms with E-state index in [9.17, 15) is 0 Å². The van der Waals surface area contributed by atoms with Gasteiger partial charge in [-0.1, -0.05) is 17.7 Å². The first-order valence-corrected chi connectivity index (χ1v) is 6.26. The second kappa shape index (κ2) is 5.03. The molecule has 0 unspecified atom stereocenters. The van der Waals surface area contributed by atoms with Crippen LogP contribution >= 0.6 is 11.6 Å². The molecule has 0 atom stereocenters. The second-order valence-electron chi connectivity index (χ2n) is 4.41. The molecule has 1 heterocycles. The van der Waals surface area contributed by atoms with E-state index in [0.29, 0.717) is 6.54 Å². The summed E-state index contributed by atoms with van der Waals surface area (Å²) in [4.78, 5) is 4.69. The molecule has 0 aliphatic carbocycles. The Bertz CT molecular complexity index is 549. The summed E-state index contributed by atoms with van der Waals surface area (Å²) in [6, 6.07) is 6.07. The van der Waals surface area contributed by atoms with Crippen LogP contribution in [0.3, 0.4) is 0 Å². The SMILES string of the molecule is Cc1ccc(Cl)c2c(C)cc(CCCN)nc12. The molecule has 0 spiro atoms. The van der Waals surface area contributed by atoms with Gasteiger partial charge in [-0.2, -0.15) is 0 Å². The highest BCUT2D eigenvalue weighted by Crippen LogP contribution is 2.28. The molecule has 2 N–H and O–H groups in total. The van der Waals surface area contributed by atoms with Gasteiger partial charge in [0, 0.05) is 11.1 Å². The molecule has 0 saturated carbocycles. The van der Waals surface area contributed by atoms with Crippen molar-refractivity contribution in [1.82, 2.24) is 4.98 Å². The van der Waals surface area contributed by atoms with Crippen LogP contribution in [-0.4, -0.2) is 11.5 Å². The van der Waals surface area contributed by atoms with Crippen molar-refractivity contribution in [2.24, 2.45) is 5.73 Å². The molecule has 0 aliphatic rings. The molecule has 2 nitrogen and oxygen atoms in total. The lowest BCUT2D eigenvalue weighted by Gasteiger charge is -2.09. The van der Waals surface area contributed by atoms with Gasteiger partial charge in [0.2, 0.25) is 0 Å². The molecule has 90 valence electrons. The van der Waals surface area contributed by atoms with Gasteiger partial charge in [-0.25, -0.2) is 0 Å². The van der Waals surface area contributed by atoms with E-state index in [0.717, 1.165) is 34.5 Å². The fourth-order valence-corrected chi connectivity index (χ4v) is 2.40. The maximum Gasteiger partial charge on any atom is 0.0752 e. The molecule has 3 heteroatoms. The number of hydrogen-bond donors (Lipinski definition) is 1. The Kier molecular flexibility index (Phi) is 3.65. The van der Waals surface area contributed by atoms with Crippen LogP contribution in [0.15, 0.2) is 18.2 Å². The molecule has 2 rings (SSSR count). The Morgan fingerprint density at radius 1 is 1.24 bits per heavy atom. The van der Waals surface area contributed by atoms with Gasteiger partial charge < -0.3 is 5.73 Å². The molecule has 1 aromatic heterocycles. The normalized spacial score (nSPS) is 11.1. The molecule has 0 radical (unpaired) electrons. The number of fused-ring (bicyclic) bond motifs is 1. The zero-order valence-corrected chi connectivity index (χ0v) is 11.0. The quantitative estimate of drug-likeness (QED) is 0.904. The standard InChI is InChI=1S/C14H17ClN2/c1-9-5-6-12(15)13-10(2)8-11(4-3-7-16)17-14(9)13/h5-6,8H,3-4,7,16H2,1-2H3. The van der Waals surface area contributed by atoms with Crippen molar-refractivity contribution in [2.45, 2.75) is 26.7 Å². The Labute approximate surface area is 107 Å². The molecule has 1 aromatic carbocycles. The molecule has 0 fully saturated rings. The summed E-state index contributed by atoms with van der Waals surface area (Å²) in [5.41, 5.74) is 10.0. The van der Waals surface area contributed by atoms with Crippen LogP contribution in [0.5, 0.6) is 0 Å². The van der Waals surface area contributed by atoms with Crippen LogP contribution in [0, 0.1) is 13.8 Å². The predicted molar refractivity (Wildman–Crippen MR) is 73.6 cm³/mol. The van der Waals surface area contributed by atoms with E-state index in [-0.39, 0.29) is 0 Å². The largest absolute Gasteiger partial charge is 0.330 e. The number of nitrogens with zero attached hydrogens (tertiary/aromatic N) is 1. The summed E-state index contributed by atoms with van der Waals surface area (Å²) in [5.74, 6) is 0. The van der Waals surface area contributed by atoms with Gasteiger partial charge in [-0.05, 0) is 56.5 Å². The third-order valence-corrected chi connectivity index (χ3v) is 3.31. The van der Waals surface area contributed by atoms with Gasteiger partial charge in [0.05, 0.1) is 10.5 Å². The minimum absolute atomic E-state index is 0.702. The number of benzene rings is 1. The lowest BCUT2D eigenvalue weighted by molar-refractivity contribution is 0.813. The fourth-order valence-electron chi connectivity index (χ4n) is 2.10. The average Bonchev–Trinajstić information content (AvgIpc) is 2.31. The maximum absolute atomic E-state index is 6.23. The third-order valence-electron chi connectivity index (χ3n) is 3.00. The second-order valence-corrected chi connectivity index (χ2v) is 4.82. The zero-order valence-electron chi connectivity index (χ0n) is 10.3. The monoisotopic (exact) mass is 248 g/mol. The number of aryl methyl sites for hydroxylation is 3. The highest BCUT2D eigenvalue weighted by molar-refractivity contribution is 6.35. The van der Waals surface area contributed by atoms with Crippen LogP contribution in [0.4, 0.5) is 0 Å². The van der Waals surface area contributed by atoms with Gasteiger partial charge >= 0.3 is 0 Å². The first-order valence-electron chi connectivity index (χ1n) is 5.89. The topological polar surface area (TPSA) is 38.9 Å². The Morgan fingerprint density at radius 3 is 2.71 bits per heavy atom. The molecule has 0 aliphatic heterocycles. The number of hydrogen-bond acceptors (Lipinski definition) is 2. The number of rotatable bonds is 3. The van der Waals surface area contributed by atoms with E-state index in [4.69, 9.17) is 22.3 Å². The summed E-state index contributed by atoms with van der Waals surface area (Å²) in [6.07, 6.45) is 1.90. The smallest absolute Gasteiger partial charge is 0.0752 e. The number of halogens is 1. The summed E-state index contributed by atoms with van der Waals surface area (Å²) in [7, 11) is 0. The van der Waals surface area contributed by atoms with Crippen molar-refractivity contribution in [3.63, 3.8) is 0 Å². The van der Waals surface area contributed by atoms with Crippen molar-refractivity contribution in [1.29, 1.82) is 0 Å². The van der Waals surface area contributed by atoms with E-state index in [1.807, 2.05) is 12.1 Å². The third kappa shape index (κ3) is 2.43. The Morgan fingerprint density at radius 2 is 2.00 bits per heavy atom. The molecular weight excluding hydrogens is 232 g/mol. The summed E-state index contributed by atoms with van der Waals surface area (Å²) in [5, 5.41) is 1.85. The highest BCUT2D eigenvalue weighted by atomic mass is 35.5. The number of nitrogens with two attached hydrogens (primary N) is 1. The fraction of sp³-hybridized carbons (Fsp3) is 0.357. The van der Waals surface area contributed by atoms with Crippen molar-refractivity contribution < 1.29 is 0 Å².